The molecule has 2 aromatic carbocycles. The van der Waals surface area contributed by atoms with Gasteiger partial charge in [0.2, 0.25) is 5.91 Å². The number of carbonyl (C=O) groups is 3. The van der Waals surface area contributed by atoms with Crippen molar-refractivity contribution in [1.29, 1.82) is 0 Å². The Morgan fingerprint density at radius 1 is 0.976 bits per heavy atom. The average molecular weight is 588 g/mol. The van der Waals surface area contributed by atoms with Crippen molar-refractivity contribution >= 4 is 40.9 Å². The number of carbonyl (C=O) groups excluding carboxylic acids is 3. The number of rotatable bonds is 7. The van der Waals surface area contributed by atoms with Crippen LogP contribution in [0.25, 0.3) is 0 Å². The first-order valence-corrected chi connectivity index (χ1v) is 15.5. The molecular weight excluding hydrogens is 550 g/mol. The van der Waals surface area contributed by atoms with Gasteiger partial charge in [-0.25, -0.2) is 0 Å². The Kier molecular flexibility index (Phi) is 7.43. The summed E-state index contributed by atoms with van der Waals surface area (Å²) in [7, 11) is 0. The van der Waals surface area contributed by atoms with Crippen LogP contribution >= 0.6 is 11.8 Å². The van der Waals surface area contributed by atoms with E-state index in [-0.39, 0.29) is 25.0 Å². The van der Waals surface area contributed by atoms with Crippen LogP contribution in [0, 0.1) is 11.8 Å². The number of esters is 1. The summed E-state index contributed by atoms with van der Waals surface area (Å²) in [6.07, 6.45) is 7.72. The van der Waals surface area contributed by atoms with Crippen molar-refractivity contribution in [3.63, 3.8) is 0 Å². The Bertz CT molecular complexity index is 1420. The molecule has 2 saturated heterocycles. The molecule has 6 rings (SSSR count). The van der Waals surface area contributed by atoms with Gasteiger partial charge >= 0.3 is 5.97 Å². The van der Waals surface area contributed by atoms with Gasteiger partial charge in [0.15, 0.2) is 0 Å². The Morgan fingerprint density at radius 3 is 2.36 bits per heavy atom. The first-order chi connectivity index (χ1) is 20.3. The Balaban J connectivity index is 1.48. The number of hydrogen-bond donors (Lipinski definition) is 1. The van der Waals surface area contributed by atoms with Crippen LogP contribution in [-0.2, 0) is 19.1 Å². The summed E-state index contributed by atoms with van der Waals surface area (Å²) in [5.74, 6) is -2.57. The molecule has 6 atom stereocenters. The van der Waals surface area contributed by atoms with Crippen LogP contribution in [0.5, 0.6) is 0 Å². The summed E-state index contributed by atoms with van der Waals surface area (Å²) in [5.41, 5.74) is 2.54. The largest absolute Gasteiger partial charge is 0.461 e. The van der Waals surface area contributed by atoms with E-state index in [0.29, 0.717) is 6.54 Å². The second kappa shape index (κ2) is 10.9. The quantitative estimate of drug-likeness (QED) is 0.387. The molecule has 4 aliphatic heterocycles. The van der Waals surface area contributed by atoms with Gasteiger partial charge in [-0.1, -0.05) is 48.6 Å². The van der Waals surface area contributed by atoms with E-state index in [1.807, 2.05) is 85.8 Å². The Labute approximate surface area is 251 Å². The van der Waals surface area contributed by atoms with Gasteiger partial charge < -0.3 is 24.5 Å². The van der Waals surface area contributed by atoms with Crippen LogP contribution in [0.15, 0.2) is 78.9 Å². The molecule has 220 valence electrons. The summed E-state index contributed by atoms with van der Waals surface area (Å²) in [5, 5.41) is 10.7. The normalized spacial score (nSPS) is 30.8. The summed E-state index contributed by atoms with van der Waals surface area (Å²) in [6.45, 7) is 8.05. The molecule has 2 amide bonds. The van der Waals surface area contributed by atoms with Crippen LogP contribution in [0.2, 0.25) is 0 Å². The van der Waals surface area contributed by atoms with Crippen LogP contribution in [-0.4, -0.2) is 76.2 Å². The lowest BCUT2D eigenvalue weighted by molar-refractivity contribution is -0.153. The number of nitrogens with zero attached hydrogens (tertiary/aromatic N) is 3. The van der Waals surface area contributed by atoms with Gasteiger partial charge in [0.05, 0.1) is 29.2 Å². The average Bonchev–Trinajstić information content (AvgIpc) is 3.25. The minimum absolute atomic E-state index is 0.155. The van der Waals surface area contributed by atoms with Gasteiger partial charge in [0.25, 0.3) is 5.91 Å². The van der Waals surface area contributed by atoms with E-state index in [2.05, 4.69) is 18.7 Å². The van der Waals surface area contributed by atoms with E-state index in [1.54, 1.807) is 9.80 Å². The Morgan fingerprint density at radius 2 is 1.69 bits per heavy atom. The third kappa shape index (κ3) is 4.28. The van der Waals surface area contributed by atoms with Crippen molar-refractivity contribution < 1.29 is 24.2 Å². The van der Waals surface area contributed by atoms with Crippen molar-refractivity contribution in [3.05, 3.63) is 84.5 Å². The molecule has 8 nitrogen and oxygen atoms in total. The number of aliphatic hydroxyl groups is 1. The lowest BCUT2D eigenvalue weighted by Gasteiger charge is -2.39. The van der Waals surface area contributed by atoms with Crippen LogP contribution < -0.4 is 9.80 Å². The fourth-order valence-corrected chi connectivity index (χ4v) is 9.46. The van der Waals surface area contributed by atoms with Gasteiger partial charge in [-0.05, 0) is 56.7 Å². The number of cyclic esters (lactones) is 1. The van der Waals surface area contributed by atoms with E-state index in [4.69, 9.17) is 4.74 Å². The second-order valence-corrected chi connectivity index (χ2v) is 13.2. The molecule has 4 heterocycles. The van der Waals surface area contributed by atoms with E-state index in [9.17, 15) is 19.5 Å². The SMILES string of the molecule is CCN(CC)c1ccc(N2CC=C[C@]34S[C@@]5(C)C=CCOC(=O)[C@H]5[C@H]3C(=O)N([C@H](CO)c3ccccc3)C4C2=O)cc1. The summed E-state index contributed by atoms with van der Waals surface area (Å²) in [4.78, 5) is 48.4. The molecule has 42 heavy (non-hydrogen) atoms. The van der Waals surface area contributed by atoms with Gasteiger partial charge in [0.1, 0.15) is 12.6 Å². The molecule has 0 radical (unpaired) electrons. The number of amides is 2. The predicted octanol–water partition coefficient (Wildman–Crippen LogP) is 3.97. The first-order valence-electron chi connectivity index (χ1n) is 14.7. The maximum absolute atomic E-state index is 14.8. The highest BCUT2D eigenvalue weighted by atomic mass is 32.2. The standard InChI is InChI=1S/C33H37N3O5S/c1-4-34(5-2)23-13-15-24(16-14-23)35-19-9-18-33-26(27-31(40)41-20-10-17-32(27,3)42-33)29(38)36(28(33)30(35)39)25(21-37)22-11-7-6-8-12-22/h6-18,25-28,37H,4-5,19-21H2,1-3H3/t25-,26+,27-,28?,32+,33+/m1/s1. The fraction of sp³-hybridized carbons (Fsp3) is 0.424. The van der Waals surface area contributed by atoms with Gasteiger partial charge in [-0.15, -0.1) is 11.8 Å². The number of likely N-dealkylation sites (tertiary alicyclic amines) is 1. The van der Waals surface area contributed by atoms with Gasteiger partial charge in [-0.2, -0.15) is 0 Å². The molecule has 2 aromatic rings. The molecule has 0 aliphatic carbocycles. The van der Waals surface area contributed by atoms with E-state index in [1.165, 1.54) is 11.8 Å². The molecule has 0 aromatic heterocycles. The molecule has 1 unspecified atom stereocenters. The maximum Gasteiger partial charge on any atom is 0.311 e. The highest BCUT2D eigenvalue weighted by molar-refractivity contribution is 8.02. The number of thioether (sulfide) groups is 1. The van der Waals surface area contributed by atoms with Gasteiger partial charge in [-0.3, -0.25) is 14.4 Å². The van der Waals surface area contributed by atoms with E-state index in [0.717, 1.165) is 30.0 Å². The van der Waals surface area contributed by atoms with Crippen molar-refractivity contribution in [3.8, 4) is 0 Å². The highest BCUT2D eigenvalue weighted by Crippen LogP contribution is 2.66. The lowest BCUT2D eigenvalue weighted by Crippen LogP contribution is -2.54. The number of benzene rings is 2. The molecule has 4 aliphatic rings. The first kappa shape index (κ1) is 28.6. The molecule has 0 saturated carbocycles. The number of fused-ring (bicyclic) bond motifs is 2. The minimum Gasteiger partial charge on any atom is -0.461 e. The minimum atomic E-state index is -1.02. The number of anilines is 2. The van der Waals surface area contributed by atoms with Crippen molar-refractivity contribution in [2.75, 3.05) is 42.6 Å². The second-order valence-electron chi connectivity index (χ2n) is 11.4. The van der Waals surface area contributed by atoms with E-state index >= 15 is 0 Å². The number of aliphatic hydroxyl groups excluding tert-OH is 1. The zero-order valence-electron chi connectivity index (χ0n) is 24.2. The monoisotopic (exact) mass is 587 g/mol. The van der Waals surface area contributed by atoms with Crippen LogP contribution in [0.4, 0.5) is 11.4 Å². The molecule has 1 N–H and O–H groups in total. The topological polar surface area (TPSA) is 90.4 Å². The number of ether oxygens (including phenoxy) is 1. The molecule has 9 heteroatoms. The molecule has 0 bridgehead atoms. The maximum atomic E-state index is 14.8. The zero-order valence-corrected chi connectivity index (χ0v) is 25.0. The third-order valence-electron chi connectivity index (χ3n) is 9.23. The van der Waals surface area contributed by atoms with Crippen LogP contribution in [0.1, 0.15) is 32.4 Å². The fourth-order valence-electron chi connectivity index (χ4n) is 7.32. The number of hydrogen-bond acceptors (Lipinski definition) is 7. The third-order valence-corrected chi connectivity index (χ3v) is 11.0. The summed E-state index contributed by atoms with van der Waals surface area (Å²) in [6, 6.07) is 15.5. The van der Waals surface area contributed by atoms with Crippen molar-refractivity contribution in [2.24, 2.45) is 11.8 Å². The lowest BCUT2D eigenvalue weighted by atomic mass is 9.75. The van der Waals surface area contributed by atoms with Gasteiger partial charge in [0, 0.05) is 35.8 Å². The Hall–Kier alpha value is -3.56. The highest BCUT2D eigenvalue weighted by Gasteiger charge is 2.74. The van der Waals surface area contributed by atoms with E-state index < -0.39 is 39.4 Å². The van der Waals surface area contributed by atoms with Crippen LogP contribution in [0.3, 0.4) is 0 Å². The zero-order chi connectivity index (χ0) is 29.6. The molecular formula is C33H37N3O5S. The summed E-state index contributed by atoms with van der Waals surface area (Å²) < 4.78 is 3.78. The molecule has 2 fully saturated rings. The molecule has 1 spiro atoms. The van der Waals surface area contributed by atoms with Crippen molar-refractivity contribution in [1.82, 2.24) is 4.90 Å². The predicted molar refractivity (Wildman–Crippen MR) is 164 cm³/mol. The smallest absolute Gasteiger partial charge is 0.311 e. The summed E-state index contributed by atoms with van der Waals surface area (Å²) >= 11 is 1.50. The van der Waals surface area contributed by atoms with Crippen molar-refractivity contribution in [2.45, 2.75) is 42.3 Å².